The van der Waals surface area contributed by atoms with Gasteiger partial charge in [0.15, 0.2) is 0 Å². The molecular weight excluding hydrogens is 319 g/mol. The summed E-state index contributed by atoms with van der Waals surface area (Å²) in [6.07, 6.45) is -6.87. The Hall–Kier alpha value is -1.62. The molecule has 7 heteroatoms. The maximum atomic E-state index is 12.3. The van der Waals surface area contributed by atoms with Crippen LogP contribution in [-0.2, 0) is 0 Å². The van der Waals surface area contributed by atoms with Crippen molar-refractivity contribution in [3.63, 3.8) is 0 Å². The molecule has 1 fully saturated rings. The fraction of sp³-hybridized carbons (Fsp3) is 0.588. The number of hydrogen-bond donors (Lipinski definition) is 1. The molecule has 1 aliphatic rings. The number of piperazine rings is 1. The second-order valence-corrected chi connectivity index (χ2v) is 6.22. The smallest absolute Gasteiger partial charge is 0.391 e. The van der Waals surface area contributed by atoms with Crippen LogP contribution in [0.5, 0.6) is 0 Å². The molecular formula is C17H22F3N3O. The standard InChI is InChI=1S/C17H22F3N3O/c1-13(15-4-2-3-14(9-15)11-21)23-7-5-22(6-8-23)12-16(24)10-17(18,19)20/h2-4,9,13,16,24H,5-8,10,12H2,1H3. The summed E-state index contributed by atoms with van der Waals surface area (Å²) < 4.78 is 36.8. The Morgan fingerprint density at radius 3 is 2.50 bits per heavy atom. The number of halogens is 3. The molecule has 0 aromatic heterocycles. The zero-order valence-corrected chi connectivity index (χ0v) is 13.6. The van der Waals surface area contributed by atoms with E-state index in [0.717, 1.165) is 18.7 Å². The van der Waals surface area contributed by atoms with Gasteiger partial charge in [-0.15, -0.1) is 0 Å². The van der Waals surface area contributed by atoms with Gasteiger partial charge in [0, 0.05) is 38.8 Å². The van der Waals surface area contributed by atoms with E-state index < -0.39 is 18.7 Å². The first-order valence-corrected chi connectivity index (χ1v) is 8.00. The molecule has 0 aliphatic carbocycles. The van der Waals surface area contributed by atoms with Crippen molar-refractivity contribution in [2.45, 2.75) is 31.7 Å². The van der Waals surface area contributed by atoms with Crippen LogP contribution in [0.15, 0.2) is 24.3 Å². The summed E-state index contributed by atoms with van der Waals surface area (Å²) in [5.41, 5.74) is 1.67. The molecule has 24 heavy (non-hydrogen) atoms. The Labute approximate surface area is 140 Å². The van der Waals surface area contributed by atoms with Gasteiger partial charge in [0.25, 0.3) is 0 Å². The molecule has 0 spiro atoms. The Morgan fingerprint density at radius 1 is 1.25 bits per heavy atom. The number of alkyl halides is 3. The summed E-state index contributed by atoms with van der Waals surface area (Å²) in [5.74, 6) is 0. The van der Waals surface area contributed by atoms with E-state index in [9.17, 15) is 18.3 Å². The van der Waals surface area contributed by atoms with Gasteiger partial charge in [-0.3, -0.25) is 9.80 Å². The minimum atomic E-state index is -4.33. The highest BCUT2D eigenvalue weighted by atomic mass is 19.4. The van der Waals surface area contributed by atoms with Crippen molar-refractivity contribution in [1.29, 1.82) is 5.26 Å². The SMILES string of the molecule is CC(c1cccc(C#N)c1)N1CCN(CC(O)CC(F)(F)F)CC1. The van der Waals surface area contributed by atoms with E-state index in [4.69, 9.17) is 5.26 Å². The Bertz CT molecular complexity index is 577. The Kier molecular flexibility index (Phi) is 6.21. The van der Waals surface area contributed by atoms with Gasteiger partial charge in [0.1, 0.15) is 0 Å². The largest absolute Gasteiger partial charge is 0.391 e. The van der Waals surface area contributed by atoms with Crippen molar-refractivity contribution in [2.75, 3.05) is 32.7 Å². The van der Waals surface area contributed by atoms with Gasteiger partial charge in [-0.25, -0.2) is 0 Å². The van der Waals surface area contributed by atoms with E-state index >= 15 is 0 Å². The predicted molar refractivity (Wildman–Crippen MR) is 84.3 cm³/mol. The number of benzene rings is 1. The summed E-state index contributed by atoms with van der Waals surface area (Å²) in [7, 11) is 0. The van der Waals surface area contributed by atoms with Crippen molar-refractivity contribution in [3.05, 3.63) is 35.4 Å². The number of rotatable bonds is 5. The lowest BCUT2D eigenvalue weighted by Crippen LogP contribution is -2.49. The Morgan fingerprint density at radius 2 is 1.92 bits per heavy atom. The highest BCUT2D eigenvalue weighted by Crippen LogP contribution is 2.24. The van der Waals surface area contributed by atoms with E-state index in [1.165, 1.54) is 0 Å². The summed E-state index contributed by atoms with van der Waals surface area (Å²) in [4.78, 5) is 4.11. The van der Waals surface area contributed by atoms with Gasteiger partial charge in [-0.2, -0.15) is 18.4 Å². The monoisotopic (exact) mass is 341 g/mol. The van der Waals surface area contributed by atoms with Crippen LogP contribution >= 0.6 is 0 Å². The minimum Gasteiger partial charge on any atom is -0.391 e. The average molecular weight is 341 g/mol. The molecule has 1 aliphatic heterocycles. The number of β-amino-alcohol motifs (C(OH)–C–C–N with tert-alkyl or cyclic N) is 1. The number of nitriles is 1. The molecule has 1 aromatic rings. The van der Waals surface area contributed by atoms with Gasteiger partial charge < -0.3 is 5.11 Å². The van der Waals surface area contributed by atoms with Crippen LogP contribution in [0.2, 0.25) is 0 Å². The third-order valence-electron chi connectivity index (χ3n) is 4.39. The molecule has 0 radical (unpaired) electrons. The third kappa shape index (κ3) is 5.48. The van der Waals surface area contributed by atoms with Crippen molar-refractivity contribution in [2.24, 2.45) is 0 Å². The van der Waals surface area contributed by atoms with Crippen molar-refractivity contribution >= 4 is 0 Å². The zero-order chi connectivity index (χ0) is 17.7. The average Bonchev–Trinajstić information content (AvgIpc) is 2.53. The third-order valence-corrected chi connectivity index (χ3v) is 4.39. The molecule has 4 nitrogen and oxygen atoms in total. The maximum absolute atomic E-state index is 12.3. The number of hydrogen-bond acceptors (Lipinski definition) is 4. The van der Waals surface area contributed by atoms with E-state index in [-0.39, 0.29) is 12.6 Å². The highest BCUT2D eigenvalue weighted by Gasteiger charge is 2.32. The lowest BCUT2D eigenvalue weighted by atomic mass is 10.0. The first-order valence-electron chi connectivity index (χ1n) is 8.00. The van der Waals surface area contributed by atoms with Gasteiger partial charge in [0.2, 0.25) is 0 Å². The zero-order valence-electron chi connectivity index (χ0n) is 13.6. The molecule has 1 heterocycles. The molecule has 132 valence electrons. The van der Waals surface area contributed by atoms with Crippen LogP contribution in [0.3, 0.4) is 0 Å². The van der Waals surface area contributed by atoms with E-state index in [1.807, 2.05) is 23.1 Å². The first-order chi connectivity index (χ1) is 11.3. The van der Waals surface area contributed by atoms with E-state index in [2.05, 4.69) is 17.9 Å². The second-order valence-electron chi connectivity index (χ2n) is 6.22. The molecule has 1 saturated heterocycles. The minimum absolute atomic E-state index is 0.0473. The van der Waals surface area contributed by atoms with Crippen LogP contribution in [-0.4, -0.2) is 59.9 Å². The fourth-order valence-electron chi connectivity index (χ4n) is 3.04. The topological polar surface area (TPSA) is 50.5 Å². The lowest BCUT2D eigenvalue weighted by molar-refractivity contribution is -0.155. The predicted octanol–water partition coefficient (Wildman–Crippen LogP) is 2.55. The molecule has 0 amide bonds. The Balaban J connectivity index is 1.85. The molecule has 1 aromatic carbocycles. The van der Waals surface area contributed by atoms with Crippen molar-refractivity contribution in [1.82, 2.24) is 9.80 Å². The summed E-state index contributed by atoms with van der Waals surface area (Å²) >= 11 is 0. The molecule has 1 N–H and O–H groups in total. The van der Waals surface area contributed by atoms with Crippen LogP contribution in [0.4, 0.5) is 13.2 Å². The number of aliphatic hydroxyl groups excluding tert-OH is 1. The van der Waals surface area contributed by atoms with Gasteiger partial charge in [-0.1, -0.05) is 12.1 Å². The first kappa shape index (κ1) is 18.7. The number of nitrogens with zero attached hydrogens (tertiary/aromatic N) is 3. The van der Waals surface area contributed by atoms with Crippen molar-refractivity contribution < 1.29 is 18.3 Å². The van der Waals surface area contributed by atoms with Crippen LogP contribution in [0.1, 0.15) is 30.5 Å². The van der Waals surface area contributed by atoms with Crippen LogP contribution in [0.25, 0.3) is 0 Å². The molecule has 2 unspecified atom stereocenters. The summed E-state index contributed by atoms with van der Waals surface area (Å²) in [6, 6.07) is 9.72. The van der Waals surface area contributed by atoms with Gasteiger partial charge in [-0.05, 0) is 24.6 Å². The maximum Gasteiger partial charge on any atom is 0.391 e. The quantitative estimate of drug-likeness (QED) is 0.894. The molecule has 2 rings (SSSR count). The van der Waals surface area contributed by atoms with Crippen LogP contribution in [0, 0.1) is 11.3 Å². The fourth-order valence-corrected chi connectivity index (χ4v) is 3.04. The summed E-state index contributed by atoms with van der Waals surface area (Å²) in [6.45, 7) is 4.79. The van der Waals surface area contributed by atoms with Crippen molar-refractivity contribution in [3.8, 4) is 6.07 Å². The highest BCUT2D eigenvalue weighted by molar-refractivity contribution is 5.34. The summed E-state index contributed by atoms with van der Waals surface area (Å²) in [5, 5.41) is 18.5. The van der Waals surface area contributed by atoms with Crippen LogP contribution < -0.4 is 0 Å². The number of aliphatic hydroxyl groups is 1. The van der Waals surface area contributed by atoms with E-state index in [1.54, 1.807) is 6.07 Å². The lowest BCUT2D eigenvalue weighted by Gasteiger charge is -2.39. The molecule has 0 bridgehead atoms. The van der Waals surface area contributed by atoms with Gasteiger partial charge in [0.05, 0.1) is 24.2 Å². The second kappa shape index (κ2) is 7.97. The van der Waals surface area contributed by atoms with E-state index in [0.29, 0.717) is 18.7 Å². The molecule has 2 atom stereocenters. The van der Waals surface area contributed by atoms with Gasteiger partial charge >= 0.3 is 6.18 Å². The normalized spacial score (nSPS) is 19.7. The molecule has 0 saturated carbocycles.